The molecular formula is C19H20ClNO3S. The Balaban J connectivity index is 2.01. The molecule has 0 aliphatic carbocycles. The van der Waals surface area contributed by atoms with Crippen molar-refractivity contribution in [3.05, 3.63) is 58.6 Å². The number of hydrogen-bond acceptors (Lipinski definition) is 4. The molecule has 6 heteroatoms. The second-order valence-electron chi connectivity index (χ2n) is 5.43. The number of ether oxygens (including phenoxy) is 1. The monoisotopic (exact) mass is 377 g/mol. The van der Waals surface area contributed by atoms with Crippen LogP contribution in [-0.2, 0) is 16.0 Å². The lowest BCUT2D eigenvalue weighted by atomic mass is 10.1. The zero-order valence-corrected chi connectivity index (χ0v) is 15.9. The van der Waals surface area contributed by atoms with E-state index in [9.17, 15) is 9.59 Å². The second kappa shape index (κ2) is 8.92. The SMILES string of the molecule is CCc1ccc(NC(=O)[C@@H](C)OC(=O)c2cc(SC)ccc2Cl)cc1. The van der Waals surface area contributed by atoms with Crippen LogP contribution in [0.1, 0.15) is 29.8 Å². The number of carbonyl (C=O) groups is 2. The molecule has 2 aromatic carbocycles. The Morgan fingerprint density at radius 1 is 1.20 bits per heavy atom. The minimum Gasteiger partial charge on any atom is -0.449 e. The first-order chi connectivity index (χ1) is 11.9. The number of rotatable bonds is 6. The minimum absolute atomic E-state index is 0.250. The second-order valence-corrected chi connectivity index (χ2v) is 6.72. The summed E-state index contributed by atoms with van der Waals surface area (Å²) in [7, 11) is 0. The number of anilines is 1. The summed E-state index contributed by atoms with van der Waals surface area (Å²) >= 11 is 7.55. The van der Waals surface area contributed by atoms with Gasteiger partial charge in [-0.2, -0.15) is 0 Å². The lowest BCUT2D eigenvalue weighted by Gasteiger charge is -2.14. The molecule has 1 amide bonds. The molecule has 0 bridgehead atoms. The number of esters is 1. The van der Waals surface area contributed by atoms with Crippen molar-refractivity contribution >= 4 is 40.9 Å². The van der Waals surface area contributed by atoms with E-state index >= 15 is 0 Å². The van der Waals surface area contributed by atoms with E-state index in [1.54, 1.807) is 12.1 Å². The van der Waals surface area contributed by atoms with Crippen LogP contribution in [-0.4, -0.2) is 24.2 Å². The number of halogens is 1. The summed E-state index contributed by atoms with van der Waals surface area (Å²) in [5.41, 5.74) is 2.09. The lowest BCUT2D eigenvalue weighted by Crippen LogP contribution is -2.30. The summed E-state index contributed by atoms with van der Waals surface area (Å²) in [6.07, 6.45) is 1.89. The average molecular weight is 378 g/mol. The molecule has 132 valence electrons. The van der Waals surface area contributed by atoms with Gasteiger partial charge in [-0.05, 0) is 55.5 Å². The Bertz CT molecular complexity index is 762. The first-order valence-corrected chi connectivity index (χ1v) is 9.49. The average Bonchev–Trinajstić information content (AvgIpc) is 2.62. The molecule has 0 aliphatic rings. The fraction of sp³-hybridized carbons (Fsp3) is 0.263. The van der Waals surface area contributed by atoms with Crippen molar-refractivity contribution in [2.45, 2.75) is 31.3 Å². The summed E-state index contributed by atoms with van der Waals surface area (Å²) in [6, 6.07) is 12.7. The lowest BCUT2D eigenvalue weighted by molar-refractivity contribution is -0.123. The molecule has 0 heterocycles. The minimum atomic E-state index is -0.938. The van der Waals surface area contributed by atoms with Gasteiger partial charge in [-0.15, -0.1) is 11.8 Å². The van der Waals surface area contributed by atoms with Gasteiger partial charge in [0, 0.05) is 10.6 Å². The van der Waals surface area contributed by atoms with E-state index in [4.69, 9.17) is 16.3 Å². The van der Waals surface area contributed by atoms with Crippen molar-refractivity contribution in [2.75, 3.05) is 11.6 Å². The van der Waals surface area contributed by atoms with Gasteiger partial charge in [-0.3, -0.25) is 4.79 Å². The molecule has 0 saturated carbocycles. The van der Waals surface area contributed by atoms with Crippen molar-refractivity contribution in [1.29, 1.82) is 0 Å². The number of benzene rings is 2. The van der Waals surface area contributed by atoms with Gasteiger partial charge in [0.1, 0.15) is 0 Å². The van der Waals surface area contributed by atoms with E-state index in [0.717, 1.165) is 11.3 Å². The fourth-order valence-corrected chi connectivity index (χ4v) is 2.77. The van der Waals surface area contributed by atoms with Crippen LogP contribution < -0.4 is 5.32 Å². The van der Waals surface area contributed by atoms with Gasteiger partial charge in [0.25, 0.3) is 5.91 Å². The van der Waals surface area contributed by atoms with Crippen molar-refractivity contribution in [2.24, 2.45) is 0 Å². The van der Waals surface area contributed by atoms with E-state index in [-0.39, 0.29) is 5.56 Å². The van der Waals surface area contributed by atoms with Gasteiger partial charge in [0.15, 0.2) is 6.10 Å². The van der Waals surface area contributed by atoms with Crippen LogP contribution in [0.15, 0.2) is 47.4 Å². The first kappa shape index (κ1) is 19.3. The Kier molecular flexibility index (Phi) is 6.91. The molecule has 0 aromatic heterocycles. The van der Waals surface area contributed by atoms with Gasteiger partial charge in [0.05, 0.1) is 10.6 Å². The van der Waals surface area contributed by atoms with Crippen LogP contribution in [0.5, 0.6) is 0 Å². The number of thioether (sulfide) groups is 1. The third-order valence-electron chi connectivity index (χ3n) is 3.68. The van der Waals surface area contributed by atoms with E-state index in [1.165, 1.54) is 24.2 Å². The quantitative estimate of drug-likeness (QED) is 0.579. The summed E-state index contributed by atoms with van der Waals surface area (Å²) in [4.78, 5) is 25.4. The molecule has 0 fully saturated rings. The Morgan fingerprint density at radius 3 is 2.48 bits per heavy atom. The normalized spacial score (nSPS) is 11.7. The number of aryl methyl sites for hydroxylation is 1. The van der Waals surface area contributed by atoms with Crippen LogP contribution in [0.4, 0.5) is 5.69 Å². The smallest absolute Gasteiger partial charge is 0.340 e. The highest BCUT2D eigenvalue weighted by molar-refractivity contribution is 7.98. The fourth-order valence-electron chi connectivity index (χ4n) is 2.13. The van der Waals surface area contributed by atoms with Gasteiger partial charge in [-0.1, -0.05) is 30.7 Å². The largest absolute Gasteiger partial charge is 0.449 e. The van der Waals surface area contributed by atoms with Crippen LogP contribution in [0, 0.1) is 0 Å². The van der Waals surface area contributed by atoms with E-state index in [2.05, 4.69) is 12.2 Å². The van der Waals surface area contributed by atoms with Crippen molar-refractivity contribution in [3.8, 4) is 0 Å². The van der Waals surface area contributed by atoms with Gasteiger partial charge < -0.3 is 10.1 Å². The van der Waals surface area contributed by atoms with Crippen molar-refractivity contribution in [1.82, 2.24) is 0 Å². The summed E-state index contributed by atoms with van der Waals surface area (Å²) < 4.78 is 5.25. The van der Waals surface area contributed by atoms with Crippen LogP contribution >= 0.6 is 23.4 Å². The first-order valence-electron chi connectivity index (χ1n) is 7.89. The standard InChI is InChI=1S/C19H20ClNO3S/c1-4-13-5-7-14(8-6-13)21-18(22)12(2)24-19(23)16-11-15(25-3)9-10-17(16)20/h5-12H,4H2,1-3H3,(H,21,22)/t12-/m1/s1. The molecule has 0 radical (unpaired) electrons. The van der Waals surface area contributed by atoms with Gasteiger partial charge >= 0.3 is 5.97 Å². The molecule has 0 unspecified atom stereocenters. The topological polar surface area (TPSA) is 55.4 Å². The van der Waals surface area contributed by atoms with Crippen molar-refractivity contribution in [3.63, 3.8) is 0 Å². The highest BCUT2D eigenvalue weighted by Crippen LogP contribution is 2.24. The Morgan fingerprint density at radius 2 is 1.88 bits per heavy atom. The maximum absolute atomic E-state index is 12.3. The highest BCUT2D eigenvalue weighted by Gasteiger charge is 2.21. The summed E-state index contributed by atoms with van der Waals surface area (Å²) in [6.45, 7) is 3.59. The molecule has 0 spiro atoms. The molecule has 25 heavy (non-hydrogen) atoms. The van der Waals surface area contributed by atoms with E-state index in [1.807, 2.05) is 36.6 Å². The number of hydrogen-bond donors (Lipinski definition) is 1. The highest BCUT2D eigenvalue weighted by atomic mass is 35.5. The molecule has 1 N–H and O–H groups in total. The molecule has 0 saturated heterocycles. The third kappa shape index (κ3) is 5.25. The maximum Gasteiger partial charge on any atom is 0.340 e. The molecule has 2 rings (SSSR count). The molecule has 4 nitrogen and oxygen atoms in total. The number of nitrogens with one attached hydrogen (secondary N) is 1. The van der Waals surface area contributed by atoms with Gasteiger partial charge in [0.2, 0.25) is 0 Å². The number of carbonyl (C=O) groups excluding carboxylic acids is 2. The maximum atomic E-state index is 12.3. The zero-order chi connectivity index (χ0) is 18.4. The predicted octanol–water partition coefficient (Wildman–Crippen LogP) is 4.81. The third-order valence-corrected chi connectivity index (χ3v) is 4.73. The van der Waals surface area contributed by atoms with Crippen LogP contribution in [0.25, 0.3) is 0 Å². The zero-order valence-electron chi connectivity index (χ0n) is 14.3. The molecule has 2 aromatic rings. The van der Waals surface area contributed by atoms with Crippen LogP contribution in [0.2, 0.25) is 5.02 Å². The van der Waals surface area contributed by atoms with Gasteiger partial charge in [-0.25, -0.2) is 4.79 Å². The van der Waals surface area contributed by atoms with Crippen LogP contribution in [0.3, 0.4) is 0 Å². The number of amides is 1. The predicted molar refractivity (Wildman–Crippen MR) is 103 cm³/mol. The molecule has 1 atom stereocenters. The Labute approximate surface area is 156 Å². The van der Waals surface area contributed by atoms with E-state index in [0.29, 0.717) is 10.7 Å². The Hall–Kier alpha value is -1.98. The van der Waals surface area contributed by atoms with E-state index < -0.39 is 18.0 Å². The molecule has 0 aliphatic heterocycles. The summed E-state index contributed by atoms with van der Waals surface area (Å²) in [5.74, 6) is -1.01. The van der Waals surface area contributed by atoms with Crippen molar-refractivity contribution < 1.29 is 14.3 Å². The molecular weight excluding hydrogens is 358 g/mol. The summed E-state index contributed by atoms with van der Waals surface area (Å²) in [5, 5.41) is 3.03.